The van der Waals surface area contributed by atoms with Crippen LogP contribution in [0.25, 0.3) is 0 Å². The Morgan fingerprint density at radius 1 is 1.03 bits per heavy atom. The van der Waals surface area contributed by atoms with Crippen LogP contribution >= 0.6 is 11.6 Å². The summed E-state index contributed by atoms with van der Waals surface area (Å²) < 4.78 is 25.9. The van der Waals surface area contributed by atoms with Gasteiger partial charge in [-0.15, -0.1) is 0 Å². The van der Waals surface area contributed by atoms with Crippen molar-refractivity contribution in [1.29, 1.82) is 0 Å². The molecule has 162 valence electrons. The summed E-state index contributed by atoms with van der Waals surface area (Å²) in [5.74, 6) is -5.51. The van der Waals surface area contributed by atoms with E-state index in [1.54, 1.807) is 25.2 Å². The van der Waals surface area contributed by atoms with Gasteiger partial charge in [-0.2, -0.15) is 5.10 Å². The molecule has 0 aliphatic rings. The summed E-state index contributed by atoms with van der Waals surface area (Å²) in [5.41, 5.74) is 0.573. The van der Waals surface area contributed by atoms with Gasteiger partial charge in [0.15, 0.2) is 17.5 Å². The maximum atomic E-state index is 13.1. The molecule has 0 aliphatic heterocycles. The first-order chi connectivity index (χ1) is 14.6. The number of aromatic nitrogens is 2. The Kier molecular flexibility index (Phi) is 7.64. The smallest absolute Gasteiger partial charge is 0.353 e. The molecule has 2 aromatic carbocycles. The summed E-state index contributed by atoms with van der Waals surface area (Å²) in [6.07, 6.45) is 0. The van der Waals surface area contributed by atoms with Gasteiger partial charge in [0.25, 0.3) is 5.91 Å². The minimum absolute atomic E-state index is 0.0896. The van der Waals surface area contributed by atoms with Gasteiger partial charge in [-0.1, -0.05) is 17.7 Å². The number of carbonyl (C=O) groups excluding carboxylic acids is 1. The summed E-state index contributed by atoms with van der Waals surface area (Å²) in [6.45, 7) is 0. The zero-order chi connectivity index (χ0) is 23.1. The van der Waals surface area contributed by atoms with Gasteiger partial charge >= 0.3 is 11.9 Å². The molecule has 0 radical (unpaired) electrons. The van der Waals surface area contributed by atoms with E-state index in [9.17, 15) is 23.2 Å². The second-order valence-corrected chi connectivity index (χ2v) is 6.22. The van der Waals surface area contributed by atoms with Gasteiger partial charge in [0.05, 0.1) is 16.1 Å². The first kappa shape index (κ1) is 23.3. The number of hydrogen-bond acceptors (Lipinski definition) is 5. The summed E-state index contributed by atoms with van der Waals surface area (Å²) in [6, 6.07) is 9.03. The molecule has 0 saturated carbocycles. The number of benzene rings is 2. The first-order valence-electron chi connectivity index (χ1n) is 8.38. The highest BCUT2D eigenvalue weighted by molar-refractivity contribution is 6.34. The van der Waals surface area contributed by atoms with Crippen LogP contribution in [0, 0.1) is 11.6 Å². The molecule has 3 rings (SSSR count). The van der Waals surface area contributed by atoms with Crippen LogP contribution < -0.4 is 10.6 Å². The molecule has 0 fully saturated rings. The van der Waals surface area contributed by atoms with Crippen molar-refractivity contribution in [1.82, 2.24) is 10.2 Å². The molecular formula is C19H15ClF2N4O5. The lowest BCUT2D eigenvalue weighted by Crippen LogP contribution is -2.13. The zero-order valence-corrected chi connectivity index (χ0v) is 16.5. The molecule has 12 heteroatoms. The minimum Gasteiger partial charge on any atom is -0.478 e. The number of halogens is 3. The van der Waals surface area contributed by atoms with Crippen molar-refractivity contribution in [2.45, 2.75) is 0 Å². The monoisotopic (exact) mass is 452 g/mol. The van der Waals surface area contributed by atoms with E-state index in [4.69, 9.17) is 21.8 Å². The lowest BCUT2D eigenvalue weighted by Gasteiger charge is -2.04. The number of carbonyl (C=O) groups is 3. The SMILES string of the molecule is CNc1cccc(C(=O)O)c1.O=C(O)c1cc(NC(=O)c2cc(F)c(F)cc2Cl)n[nH]1. The van der Waals surface area contributed by atoms with Crippen molar-refractivity contribution >= 4 is 41.0 Å². The van der Waals surface area contributed by atoms with Gasteiger partial charge < -0.3 is 20.8 Å². The molecule has 0 spiro atoms. The van der Waals surface area contributed by atoms with E-state index in [-0.39, 0.29) is 22.1 Å². The number of nitrogens with zero attached hydrogens (tertiary/aromatic N) is 1. The topological polar surface area (TPSA) is 144 Å². The van der Waals surface area contributed by atoms with Gasteiger partial charge in [0.1, 0.15) is 5.69 Å². The van der Waals surface area contributed by atoms with Crippen molar-refractivity contribution in [3.05, 3.63) is 75.9 Å². The molecule has 1 aromatic heterocycles. The molecule has 9 nitrogen and oxygen atoms in total. The standard InChI is InChI=1S/C11H6ClF2N3O3.C8H9NO2/c12-5-2-7(14)6(13)1-4(5)10(18)15-9-3-8(11(19)20)16-17-9;1-9-7-4-2-3-6(5-7)8(10)11/h1-3H,(H,19,20)(H2,15,16,17,18);2-5,9H,1H3,(H,10,11). The predicted octanol–water partition coefficient (Wildman–Crippen LogP) is 3.72. The molecule has 5 N–H and O–H groups in total. The summed E-state index contributed by atoms with van der Waals surface area (Å²) in [4.78, 5) is 32.8. The molecule has 31 heavy (non-hydrogen) atoms. The molecule has 0 atom stereocenters. The number of carboxylic acids is 2. The van der Waals surface area contributed by atoms with E-state index >= 15 is 0 Å². The van der Waals surface area contributed by atoms with Gasteiger partial charge in [-0.25, -0.2) is 18.4 Å². The average molecular weight is 453 g/mol. The summed E-state index contributed by atoms with van der Waals surface area (Å²) in [5, 5.41) is 27.7. The van der Waals surface area contributed by atoms with Gasteiger partial charge in [0.2, 0.25) is 0 Å². The maximum Gasteiger partial charge on any atom is 0.353 e. The van der Waals surface area contributed by atoms with E-state index in [2.05, 4.69) is 20.8 Å². The first-order valence-corrected chi connectivity index (χ1v) is 8.76. The van der Waals surface area contributed by atoms with E-state index in [0.717, 1.165) is 11.8 Å². The average Bonchev–Trinajstić information content (AvgIpc) is 3.20. The number of nitrogens with one attached hydrogen (secondary N) is 3. The number of aromatic amines is 1. The van der Waals surface area contributed by atoms with Crippen LogP contribution in [0.3, 0.4) is 0 Å². The maximum absolute atomic E-state index is 13.1. The number of amides is 1. The van der Waals surface area contributed by atoms with Crippen LogP contribution in [0.1, 0.15) is 31.2 Å². The highest BCUT2D eigenvalue weighted by Crippen LogP contribution is 2.21. The second kappa shape index (κ2) is 10.2. The molecule has 0 aliphatic carbocycles. The molecule has 0 bridgehead atoms. The fraction of sp³-hybridized carbons (Fsp3) is 0.0526. The van der Waals surface area contributed by atoms with E-state index < -0.39 is 29.5 Å². The Morgan fingerprint density at radius 2 is 1.71 bits per heavy atom. The number of hydrogen-bond donors (Lipinski definition) is 5. The number of carboxylic acid groups (broad SMARTS) is 2. The van der Waals surface area contributed by atoms with E-state index in [1.165, 1.54) is 0 Å². The van der Waals surface area contributed by atoms with Crippen molar-refractivity contribution in [3.63, 3.8) is 0 Å². The fourth-order valence-corrected chi connectivity index (χ4v) is 2.42. The fourth-order valence-electron chi connectivity index (χ4n) is 2.18. The normalized spacial score (nSPS) is 9.94. The molecule has 0 unspecified atom stereocenters. The summed E-state index contributed by atoms with van der Waals surface area (Å²) in [7, 11) is 1.75. The molecule has 1 heterocycles. The number of anilines is 2. The molecule has 1 amide bonds. The third-order valence-corrected chi connectivity index (χ3v) is 4.02. The Labute approximate surface area is 178 Å². The predicted molar refractivity (Wildman–Crippen MR) is 108 cm³/mol. The summed E-state index contributed by atoms with van der Waals surface area (Å²) >= 11 is 5.63. The number of aromatic carboxylic acids is 2. The lowest BCUT2D eigenvalue weighted by atomic mass is 10.2. The molecule has 0 saturated heterocycles. The van der Waals surface area contributed by atoms with Crippen molar-refractivity contribution in [2.24, 2.45) is 0 Å². The van der Waals surface area contributed by atoms with Crippen molar-refractivity contribution in [3.8, 4) is 0 Å². The van der Waals surface area contributed by atoms with Crippen LogP contribution in [-0.2, 0) is 0 Å². The minimum atomic E-state index is -1.26. The Bertz CT molecular complexity index is 1140. The van der Waals surface area contributed by atoms with Crippen LogP contribution in [-0.4, -0.2) is 45.3 Å². The quantitative estimate of drug-likeness (QED) is 0.371. The van der Waals surface area contributed by atoms with Crippen molar-refractivity contribution < 1.29 is 33.4 Å². The van der Waals surface area contributed by atoms with E-state index in [1.807, 2.05) is 6.07 Å². The van der Waals surface area contributed by atoms with Crippen LogP contribution in [0.2, 0.25) is 5.02 Å². The Hall–Kier alpha value is -3.99. The van der Waals surface area contributed by atoms with Crippen molar-refractivity contribution in [2.75, 3.05) is 17.7 Å². The van der Waals surface area contributed by atoms with Crippen LogP contribution in [0.15, 0.2) is 42.5 Å². The van der Waals surface area contributed by atoms with Crippen LogP contribution in [0.5, 0.6) is 0 Å². The molecular weight excluding hydrogens is 438 g/mol. The van der Waals surface area contributed by atoms with Gasteiger partial charge in [-0.05, 0) is 30.3 Å². The second-order valence-electron chi connectivity index (χ2n) is 5.81. The lowest BCUT2D eigenvalue weighted by molar-refractivity contribution is 0.0682. The van der Waals surface area contributed by atoms with Gasteiger partial charge in [0, 0.05) is 18.8 Å². The highest BCUT2D eigenvalue weighted by Gasteiger charge is 2.17. The highest BCUT2D eigenvalue weighted by atomic mass is 35.5. The van der Waals surface area contributed by atoms with Gasteiger partial charge in [-0.3, -0.25) is 9.89 Å². The molecule has 3 aromatic rings. The third-order valence-electron chi connectivity index (χ3n) is 3.70. The largest absolute Gasteiger partial charge is 0.478 e. The van der Waals surface area contributed by atoms with E-state index in [0.29, 0.717) is 17.7 Å². The zero-order valence-electron chi connectivity index (χ0n) is 15.7. The third kappa shape index (κ3) is 6.24. The number of rotatable bonds is 5. The number of H-pyrrole nitrogens is 1. The Balaban J connectivity index is 0.000000262. The van der Waals surface area contributed by atoms with Crippen LogP contribution in [0.4, 0.5) is 20.3 Å². The Morgan fingerprint density at radius 3 is 2.29 bits per heavy atom.